The third-order valence-corrected chi connectivity index (χ3v) is 5.29. The van der Waals surface area contributed by atoms with Crippen LogP contribution in [0.5, 0.6) is 5.75 Å². The molecule has 1 N–H and O–H groups in total. The number of benzene rings is 1. The summed E-state index contributed by atoms with van der Waals surface area (Å²) in [5, 5.41) is 11.3. The molecule has 1 atom stereocenters. The monoisotopic (exact) mass is 395 g/mol. The molecule has 0 radical (unpaired) electrons. The summed E-state index contributed by atoms with van der Waals surface area (Å²) in [6, 6.07) is 7.63. The fourth-order valence-corrected chi connectivity index (χ4v) is 3.55. The highest BCUT2D eigenvalue weighted by Gasteiger charge is 2.36. The second kappa shape index (κ2) is 8.06. The van der Waals surface area contributed by atoms with Crippen LogP contribution in [0, 0.1) is 13.8 Å². The Morgan fingerprint density at radius 3 is 2.83 bits per heavy atom. The predicted molar refractivity (Wildman–Crippen MR) is 106 cm³/mol. The Bertz CT molecular complexity index is 992. The Morgan fingerprint density at radius 2 is 2.10 bits per heavy atom. The number of likely N-dealkylation sites (tertiary alicyclic amines) is 1. The highest BCUT2D eigenvalue weighted by Crippen LogP contribution is 2.32. The van der Waals surface area contributed by atoms with Gasteiger partial charge in [-0.25, -0.2) is 4.98 Å². The summed E-state index contributed by atoms with van der Waals surface area (Å²) in [7, 11) is 0. The van der Waals surface area contributed by atoms with Crippen molar-refractivity contribution in [2.75, 3.05) is 6.54 Å². The lowest BCUT2D eigenvalue weighted by molar-refractivity contribution is 0.0717. The van der Waals surface area contributed by atoms with Crippen molar-refractivity contribution in [3.05, 3.63) is 58.5 Å². The van der Waals surface area contributed by atoms with Crippen molar-refractivity contribution in [2.24, 2.45) is 0 Å². The van der Waals surface area contributed by atoms with Crippen LogP contribution in [0.25, 0.3) is 0 Å². The Morgan fingerprint density at radius 1 is 1.31 bits per heavy atom. The molecule has 1 aliphatic rings. The number of aromatic nitrogens is 4. The third-order valence-electron chi connectivity index (χ3n) is 5.29. The molecule has 1 amide bonds. The van der Waals surface area contributed by atoms with E-state index in [9.17, 15) is 4.79 Å². The van der Waals surface area contributed by atoms with E-state index < -0.39 is 0 Å². The molecule has 0 saturated carbocycles. The maximum absolute atomic E-state index is 13.3. The molecule has 8 nitrogen and oxygen atoms in total. The fraction of sp³-hybridized carbons (Fsp3) is 0.429. The van der Waals surface area contributed by atoms with Crippen LogP contribution < -0.4 is 4.74 Å². The van der Waals surface area contributed by atoms with Gasteiger partial charge in [0, 0.05) is 13.0 Å². The van der Waals surface area contributed by atoms with E-state index in [1.54, 1.807) is 11.8 Å². The first kappa shape index (κ1) is 19.2. The van der Waals surface area contributed by atoms with Gasteiger partial charge in [-0.1, -0.05) is 29.8 Å². The second-order valence-electron chi connectivity index (χ2n) is 7.32. The molecular weight excluding hydrogens is 370 g/mol. The molecule has 4 rings (SSSR count). The van der Waals surface area contributed by atoms with Crippen molar-refractivity contribution in [1.82, 2.24) is 25.2 Å². The number of ether oxygens (including phenoxy) is 1. The number of nitrogens with one attached hydrogen (secondary N) is 1. The number of hydrogen-bond donors (Lipinski definition) is 1. The van der Waals surface area contributed by atoms with E-state index >= 15 is 0 Å². The number of amides is 1. The molecule has 152 valence electrons. The molecule has 0 spiro atoms. The Balaban J connectivity index is 1.53. The van der Waals surface area contributed by atoms with Gasteiger partial charge in [0.2, 0.25) is 0 Å². The van der Waals surface area contributed by atoms with E-state index in [-0.39, 0.29) is 18.6 Å². The SMILES string of the molecule is CCc1nc([C@@H]2CCCN2C(=O)c2noc(C)c2COc2ccc(C)cc2)n[nH]1. The average Bonchev–Trinajstić information content (AvgIpc) is 3.46. The number of hydrogen-bond acceptors (Lipinski definition) is 6. The minimum Gasteiger partial charge on any atom is -0.489 e. The molecule has 1 fully saturated rings. The number of H-pyrrole nitrogens is 1. The Kier molecular flexibility index (Phi) is 5.33. The number of nitrogens with zero attached hydrogens (tertiary/aromatic N) is 4. The summed E-state index contributed by atoms with van der Waals surface area (Å²) in [4.78, 5) is 19.6. The lowest BCUT2D eigenvalue weighted by atomic mass is 10.1. The molecule has 8 heteroatoms. The minimum atomic E-state index is -0.172. The second-order valence-corrected chi connectivity index (χ2v) is 7.32. The Labute approximate surface area is 169 Å². The zero-order chi connectivity index (χ0) is 20.4. The summed E-state index contributed by atoms with van der Waals surface area (Å²) in [5.74, 6) is 2.63. The van der Waals surface area contributed by atoms with Gasteiger partial charge in [0.25, 0.3) is 5.91 Å². The van der Waals surface area contributed by atoms with Crippen molar-refractivity contribution < 1.29 is 14.1 Å². The van der Waals surface area contributed by atoms with E-state index in [0.29, 0.717) is 29.4 Å². The van der Waals surface area contributed by atoms with Crippen LogP contribution in [-0.2, 0) is 13.0 Å². The molecule has 3 aromatic rings. The smallest absolute Gasteiger partial charge is 0.277 e. The number of aryl methyl sites for hydroxylation is 3. The van der Waals surface area contributed by atoms with Crippen LogP contribution in [0.4, 0.5) is 0 Å². The zero-order valence-corrected chi connectivity index (χ0v) is 16.9. The van der Waals surface area contributed by atoms with E-state index in [0.717, 1.165) is 36.4 Å². The van der Waals surface area contributed by atoms with Gasteiger partial charge in [0.15, 0.2) is 11.5 Å². The number of aromatic amines is 1. The van der Waals surface area contributed by atoms with Crippen molar-refractivity contribution in [2.45, 2.75) is 52.7 Å². The van der Waals surface area contributed by atoms with Crippen molar-refractivity contribution in [3.63, 3.8) is 0 Å². The Hall–Kier alpha value is -3.16. The predicted octanol–water partition coefficient (Wildman–Crippen LogP) is 3.53. The molecule has 0 aliphatic carbocycles. The van der Waals surface area contributed by atoms with Crippen LogP contribution in [-0.4, -0.2) is 37.7 Å². The van der Waals surface area contributed by atoms with Crippen LogP contribution in [0.15, 0.2) is 28.8 Å². The quantitative estimate of drug-likeness (QED) is 0.686. The molecule has 0 unspecified atom stereocenters. The molecule has 1 saturated heterocycles. The first-order chi connectivity index (χ1) is 14.1. The third kappa shape index (κ3) is 3.87. The van der Waals surface area contributed by atoms with Crippen LogP contribution >= 0.6 is 0 Å². The summed E-state index contributed by atoms with van der Waals surface area (Å²) >= 11 is 0. The normalized spacial score (nSPS) is 16.4. The van der Waals surface area contributed by atoms with E-state index in [1.165, 1.54) is 0 Å². The summed E-state index contributed by atoms with van der Waals surface area (Å²) in [6.45, 7) is 6.69. The van der Waals surface area contributed by atoms with Gasteiger partial charge in [-0.3, -0.25) is 9.89 Å². The van der Waals surface area contributed by atoms with Gasteiger partial charge in [0.05, 0.1) is 11.6 Å². The van der Waals surface area contributed by atoms with Gasteiger partial charge in [-0.05, 0) is 38.8 Å². The van der Waals surface area contributed by atoms with E-state index in [2.05, 4.69) is 20.3 Å². The van der Waals surface area contributed by atoms with E-state index in [4.69, 9.17) is 9.26 Å². The minimum absolute atomic E-state index is 0.151. The summed E-state index contributed by atoms with van der Waals surface area (Å²) < 4.78 is 11.2. The van der Waals surface area contributed by atoms with Gasteiger partial charge in [0.1, 0.15) is 23.9 Å². The number of carbonyl (C=O) groups is 1. The van der Waals surface area contributed by atoms with Crippen LogP contribution in [0.1, 0.15) is 64.8 Å². The topological polar surface area (TPSA) is 97.1 Å². The van der Waals surface area contributed by atoms with Crippen molar-refractivity contribution in [1.29, 1.82) is 0 Å². The van der Waals surface area contributed by atoms with Crippen LogP contribution in [0.3, 0.4) is 0 Å². The molecule has 29 heavy (non-hydrogen) atoms. The van der Waals surface area contributed by atoms with Gasteiger partial charge in [-0.15, -0.1) is 0 Å². The van der Waals surface area contributed by atoms with Crippen molar-refractivity contribution >= 4 is 5.91 Å². The molecule has 1 aromatic carbocycles. The standard InChI is InChI=1S/C21H25N5O3/c1-4-18-22-20(24-23-18)17-6-5-11-26(17)21(27)19-16(14(3)29-25-19)12-28-15-9-7-13(2)8-10-15/h7-10,17H,4-6,11-12H2,1-3H3,(H,22,23,24)/t17-/m0/s1. The molecule has 3 heterocycles. The maximum atomic E-state index is 13.3. The molecule has 0 bridgehead atoms. The highest BCUT2D eigenvalue weighted by atomic mass is 16.5. The van der Waals surface area contributed by atoms with Crippen molar-refractivity contribution in [3.8, 4) is 5.75 Å². The van der Waals surface area contributed by atoms with E-state index in [1.807, 2.05) is 38.1 Å². The molecule has 1 aliphatic heterocycles. The zero-order valence-electron chi connectivity index (χ0n) is 16.9. The molecular formula is C21H25N5O3. The highest BCUT2D eigenvalue weighted by molar-refractivity contribution is 5.94. The first-order valence-electron chi connectivity index (χ1n) is 9.93. The van der Waals surface area contributed by atoms with Crippen LogP contribution in [0.2, 0.25) is 0 Å². The summed E-state index contributed by atoms with van der Waals surface area (Å²) in [6.07, 6.45) is 2.51. The maximum Gasteiger partial charge on any atom is 0.277 e. The van der Waals surface area contributed by atoms with Gasteiger partial charge < -0.3 is 14.2 Å². The average molecular weight is 395 g/mol. The fourth-order valence-electron chi connectivity index (χ4n) is 3.55. The van der Waals surface area contributed by atoms with Gasteiger partial charge in [-0.2, -0.15) is 5.10 Å². The lowest BCUT2D eigenvalue weighted by Crippen LogP contribution is -2.32. The number of carbonyl (C=O) groups excluding carboxylic acids is 1. The number of rotatable bonds is 6. The van der Waals surface area contributed by atoms with Gasteiger partial charge >= 0.3 is 0 Å². The molecule has 2 aromatic heterocycles. The lowest BCUT2D eigenvalue weighted by Gasteiger charge is -2.21. The summed E-state index contributed by atoms with van der Waals surface area (Å²) in [5.41, 5.74) is 2.13. The largest absolute Gasteiger partial charge is 0.489 e. The first-order valence-corrected chi connectivity index (χ1v) is 9.93.